The Balaban J connectivity index is 1.25. The van der Waals surface area contributed by atoms with E-state index in [9.17, 15) is 4.79 Å². The first-order valence-corrected chi connectivity index (χ1v) is 12.1. The Morgan fingerprint density at radius 3 is 2.89 bits per heavy atom. The molecule has 0 N–H and O–H groups in total. The molecule has 7 nitrogen and oxygen atoms in total. The molecule has 0 amide bonds. The topological polar surface area (TPSA) is 66.5 Å². The van der Waals surface area contributed by atoms with Gasteiger partial charge in [0.25, 0.3) is 0 Å². The molecule has 0 aromatic heterocycles. The number of allylic oxidation sites excluding steroid dienone is 1. The van der Waals surface area contributed by atoms with Crippen LogP contribution in [0.3, 0.4) is 0 Å². The predicted octanol–water partition coefficient (Wildman–Crippen LogP) is 5.23. The maximum Gasteiger partial charge on any atom is 0.231 e. The van der Waals surface area contributed by atoms with Crippen LogP contribution in [0.1, 0.15) is 32.6 Å². The normalized spacial score (nSPS) is 17.5. The zero-order chi connectivity index (χ0) is 24.6. The quantitative estimate of drug-likeness (QED) is 0.440. The molecule has 6 rings (SSSR count). The largest absolute Gasteiger partial charge is 0.496 e. The van der Waals surface area contributed by atoms with Gasteiger partial charge in [0.15, 0.2) is 12.6 Å². The van der Waals surface area contributed by atoms with Crippen molar-refractivity contribution in [2.24, 2.45) is 0 Å². The minimum Gasteiger partial charge on any atom is -0.496 e. The molecule has 3 heterocycles. The molecule has 36 heavy (non-hydrogen) atoms. The van der Waals surface area contributed by atoms with Gasteiger partial charge in [-0.2, -0.15) is 0 Å². The van der Waals surface area contributed by atoms with Crippen LogP contribution >= 0.6 is 11.6 Å². The number of carbonyl (C=O) groups is 1. The molecule has 0 saturated heterocycles. The van der Waals surface area contributed by atoms with E-state index in [2.05, 4.69) is 11.0 Å². The highest BCUT2D eigenvalue weighted by Crippen LogP contribution is 2.43. The van der Waals surface area contributed by atoms with E-state index in [0.717, 1.165) is 41.2 Å². The van der Waals surface area contributed by atoms with Crippen molar-refractivity contribution in [3.05, 3.63) is 87.1 Å². The summed E-state index contributed by atoms with van der Waals surface area (Å²) in [7, 11) is 1.68. The summed E-state index contributed by atoms with van der Waals surface area (Å²) in [5, 5.41) is 0.536. The molecule has 3 aliphatic heterocycles. The van der Waals surface area contributed by atoms with Gasteiger partial charge in [0.2, 0.25) is 5.78 Å². The van der Waals surface area contributed by atoms with Crippen LogP contribution in [0.2, 0.25) is 5.02 Å². The number of hydrogen-bond acceptors (Lipinski definition) is 7. The average Bonchev–Trinajstić information content (AvgIpc) is 3.22. The Morgan fingerprint density at radius 1 is 1.11 bits per heavy atom. The number of rotatable bonds is 5. The molecule has 3 aromatic rings. The second kappa shape index (κ2) is 9.50. The molecule has 3 aliphatic rings. The molecule has 0 unspecified atom stereocenters. The molecule has 184 valence electrons. The molecule has 0 aliphatic carbocycles. The first-order valence-electron chi connectivity index (χ1n) is 11.7. The van der Waals surface area contributed by atoms with Crippen molar-refractivity contribution in [1.29, 1.82) is 0 Å². The predicted molar refractivity (Wildman–Crippen MR) is 134 cm³/mol. The number of Topliss-reactive ketones (excluding diaryl/α,β-unsaturated/α-hetero) is 1. The van der Waals surface area contributed by atoms with Gasteiger partial charge in [0, 0.05) is 29.2 Å². The summed E-state index contributed by atoms with van der Waals surface area (Å²) < 4.78 is 28.7. The van der Waals surface area contributed by atoms with E-state index >= 15 is 0 Å². The van der Waals surface area contributed by atoms with Crippen LogP contribution < -0.4 is 18.9 Å². The lowest BCUT2D eigenvalue weighted by molar-refractivity contribution is -0.0165. The highest BCUT2D eigenvalue weighted by Gasteiger charge is 2.34. The standard InChI is InChI=1S/C28H24ClNO6/c1-32-23-5-3-2-4-17(23)8-9-30-13-22-24(34-15-30)7-6-21-26(31)25(36-28(21)22)12-18-10-20(29)11-19-14-33-16-35-27(18)19/h2-7,10-12H,8-9,13-16H2,1H3/b25-12-. The average molecular weight is 506 g/mol. The number of carbonyl (C=O) groups excluding carboxylic acids is 1. The summed E-state index contributed by atoms with van der Waals surface area (Å²) in [4.78, 5) is 15.4. The van der Waals surface area contributed by atoms with Crippen molar-refractivity contribution in [2.45, 2.75) is 19.6 Å². The number of methoxy groups -OCH3 is 1. The summed E-state index contributed by atoms with van der Waals surface area (Å²) in [6, 6.07) is 15.2. The molecular weight excluding hydrogens is 482 g/mol. The van der Waals surface area contributed by atoms with Gasteiger partial charge >= 0.3 is 0 Å². The van der Waals surface area contributed by atoms with E-state index < -0.39 is 0 Å². The fraction of sp³-hybridized carbons (Fsp3) is 0.250. The molecule has 0 fully saturated rings. The zero-order valence-corrected chi connectivity index (χ0v) is 20.5. The van der Waals surface area contributed by atoms with Crippen molar-refractivity contribution in [3.63, 3.8) is 0 Å². The van der Waals surface area contributed by atoms with E-state index in [0.29, 0.717) is 47.5 Å². The highest BCUT2D eigenvalue weighted by molar-refractivity contribution is 6.31. The number of para-hydroxylation sites is 1. The highest BCUT2D eigenvalue weighted by atomic mass is 35.5. The van der Waals surface area contributed by atoms with Crippen LogP contribution in [-0.2, 0) is 24.3 Å². The maximum absolute atomic E-state index is 13.2. The minimum absolute atomic E-state index is 0.148. The molecule has 3 aromatic carbocycles. The van der Waals surface area contributed by atoms with Crippen LogP contribution in [0.5, 0.6) is 23.0 Å². The Hall–Kier alpha value is -3.52. The van der Waals surface area contributed by atoms with Gasteiger partial charge in [0.1, 0.15) is 29.7 Å². The number of halogens is 1. The number of nitrogens with zero attached hydrogens (tertiary/aromatic N) is 1. The lowest BCUT2D eigenvalue weighted by Gasteiger charge is -2.29. The first kappa shape index (κ1) is 22.9. The van der Waals surface area contributed by atoms with Gasteiger partial charge in [-0.3, -0.25) is 9.69 Å². The van der Waals surface area contributed by atoms with E-state index in [1.54, 1.807) is 31.4 Å². The Labute approximate surface area is 213 Å². The second-order valence-electron chi connectivity index (χ2n) is 8.84. The van der Waals surface area contributed by atoms with Crippen molar-refractivity contribution >= 4 is 23.5 Å². The van der Waals surface area contributed by atoms with E-state index in [1.165, 1.54) is 0 Å². The maximum atomic E-state index is 13.2. The molecule has 0 saturated carbocycles. The van der Waals surface area contributed by atoms with Gasteiger partial charge in [-0.25, -0.2) is 0 Å². The summed E-state index contributed by atoms with van der Waals surface area (Å²) in [5.74, 6) is 2.85. The van der Waals surface area contributed by atoms with Gasteiger partial charge in [-0.15, -0.1) is 0 Å². The summed E-state index contributed by atoms with van der Waals surface area (Å²) in [6.45, 7) is 2.40. The number of ether oxygens (including phenoxy) is 5. The summed E-state index contributed by atoms with van der Waals surface area (Å²) in [5.41, 5.74) is 4.04. The molecular formula is C28H24ClNO6. The first-order chi connectivity index (χ1) is 17.6. The molecule has 0 atom stereocenters. The van der Waals surface area contributed by atoms with E-state index in [-0.39, 0.29) is 18.3 Å². The van der Waals surface area contributed by atoms with Gasteiger partial charge < -0.3 is 23.7 Å². The lowest BCUT2D eigenvalue weighted by atomic mass is 10.0. The van der Waals surface area contributed by atoms with Gasteiger partial charge in [0.05, 0.1) is 24.8 Å². The monoisotopic (exact) mass is 505 g/mol. The second-order valence-corrected chi connectivity index (χ2v) is 9.28. The number of ketones is 1. The third-order valence-electron chi connectivity index (χ3n) is 6.56. The van der Waals surface area contributed by atoms with E-state index in [4.69, 9.17) is 35.3 Å². The molecule has 0 radical (unpaired) electrons. The fourth-order valence-electron chi connectivity index (χ4n) is 4.79. The Morgan fingerprint density at radius 2 is 2.00 bits per heavy atom. The third-order valence-corrected chi connectivity index (χ3v) is 6.78. The number of benzene rings is 3. The van der Waals surface area contributed by atoms with Crippen molar-refractivity contribution < 1.29 is 28.5 Å². The summed E-state index contributed by atoms with van der Waals surface area (Å²) >= 11 is 6.30. The molecule has 0 spiro atoms. The smallest absolute Gasteiger partial charge is 0.231 e. The number of fused-ring (bicyclic) bond motifs is 4. The van der Waals surface area contributed by atoms with Crippen LogP contribution in [0.4, 0.5) is 0 Å². The van der Waals surface area contributed by atoms with Crippen molar-refractivity contribution in [3.8, 4) is 23.0 Å². The Bertz CT molecular complexity index is 1380. The zero-order valence-electron chi connectivity index (χ0n) is 19.7. The third kappa shape index (κ3) is 4.19. The fourth-order valence-corrected chi connectivity index (χ4v) is 5.04. The minimum atomic E-state index is -0.181. The Kier molecular flexibility index (Phi) is 6.05. The van der Waals surface area contributed by atoms with Gasteiger partial charge in [-0.05, 0) is 48.4 Å². The number of hydrogen-bond donors (Lipinski definition) is 0. The lowest BCUT2D eigenvalue weighted by Crippen LogP contribution is -2.33. The van der Waals surface area contributed by atoms with Crippen LogP contribution in [0, 0.1) is 0 Å². The molecule has 0 bridgehead atoms. The van der Waals surface area contributed by atoms with Crippen molar-refractivity contribution in [1.82, 2.24) is 4.90 Å². The van der Waals surface area contributed by atoms with Crippen LogP contribution in [0.25, 0.3) is 6.08 Å². The van der Waals surface area contributed by atoms with E-state index in [1.807, 2.05) is 24.3 Å². The van der Waals surface area contributed by atoms with Crippen LogP contribution in [-0.4, -0.2) is 37.9 Å². The molecule has 8 heteroatoms. The van der Waals surface area contributed by atoms with Crippen molar-refractivity contribution in [2.75, 3.05) is 27.2 Å². The van der Waals surface area contributed by atoms with Crippen LogP contribution in [0.15, 0.2) is 54.3 Å². The van der Waals surface area contributed by atoms with Gasteiger partial charge in [-0.1, -0.05) is 29.8 Å². The summed E-state index contributed by atoms with van der Waals surface area (Å²) in [6.07, 6.45) is 2.50. The SMILES string of the molecule is COc1ccccc1CCN1COc2ccc3c(c2C1)O/C(=C\c1cc(Cl)cc2c1OCOC2)C3=O.